The van der Waals surface area contributed by atoms with Gasteiger partial charge in [0.05, 0.1) is 18.2 Å². The van der Waals surface area contributed by atoms with Crippen LogP contribution in [0, 0.1) is 0 Å². The van der Waals surface area contributed by atoms with Gasteiger partial charge < -0.3 is 5.32 Å². The SMILES string of the molecule is C[C@H](NC(=O)Cc1csc(-c2ccsc2)n1)c1cccc2ccccc12. The van der Waals surface area contributed by atoms with Crippen molar-refractivity contribution in [2.45, 2.75) is 19.4 Å². The zero-order valence-corrected chi connectivity index (χ0v) is 15.9. The molecule has 0 spiro atoms. The lowest BCUT2D eigenvalue weighted by Gasteiger charge is -2.16. The van der Waals surface area contributed by atoms with Crippen LogP contribution in [0.5, 0.6) is 0 Å². The Morgan fingerprint density at radius 2 is 1.96 bits per heavy atom. The van der Waals surface area contributed by atoms with Crippen molar-refractivity contribution < 1.29 is 4.79 Å². The van der Waals surface area contributed by atoms with Crippen molar-refractivity contribution in [3.8, 4) is 10.6 Å². The molecule has 0 aliphatic heterocycles. The van der Waals surface area contributed by atoms with Gasteiger partial charge in [0, 0.05) is 16.3 Å². The van der Waals surface area contributed by atoms with Crippen LogP contribution in [0.15, 0.2) is 64.7 Å². The van der Waals surface area contributed by atoms with Crippen LogP contribution in [0.2, 0.25) is 0 Å². The van der Waals surface area contributed by atoms with Crippen LogP contribution in [0.25, 0.3) is 21.3 Å². The van der Waals surface area contributed by atoms with Gasteiger partial charge in [-0.3, -0.25) is 4.79 Å². The van der Waals surface area contributed by atoms with E-state index in [-0.39, 0.29) is 11.9 Å². The number of aromatic nitrogens is 1. The molecule has 5 heteroatoms. The number of benzene rings is 2. The normalized spacial score (nSPS) is 12.2. The predicted molar refractivity (Wildman–Crippen MR) is 110 cm³/mol. The van der Waals surface area contributed by atoms with Crippen molar-refractivity contribution in [1.29, 1.82) is 0 Å². The Kier molecular flexibility index (Phi) is 4.82. The van der Waals surface area contributed by atoms with E-state index in [0.717, 1.165) is 21.8 Å². The maximum atomic E-state index is 12.5. The molecule has 130 valence electrons. The van der Waals surface area contributed by atoms with Crippen LogP contribution < -0.4 is 5.32 Å². The lowest BCUT2D eigenvalue weighted by atomic mass is 9.99. The van der Waals surface area contributed by atoms with Crippen molar-refractivity contribution in [3.05, 3.63) is 75.9 Å². The molecule has 0 unspecified atom stereocenters. The van der Waals surface area contributed by atoms with Crippen LogP contribution in [-0.2, 0) is 11.2 Å². The van der Waals surface area contributed by atoms with Gasteiger partial charge in [0.25, 0.3) is 0 Å². The number of carbonyl (C=O) groups excluding carboxylic acids is 1. The standard InChI is InChI=1S/C21H18N2OS2/c1-14(18-8-4-6-15-5-2-3-7-19(15)18)22-20(24)11-17-13-26-21(23-17)16-9-10-25-12-16/h2-10,12-14H,11H2,1H3,(H,22,24)/t14-/m0/s1. The zero-order valence-electron chi connectivity index (χ0n) is 14.3. The van der Waals surface area contributed by atoms with E-state index in [1.165, 1.54) is 10.8 Å². The Balaban J connectivity index is 1.46. The number of rotatable bonds is 5. The van der Waals surface area contributed by atoms with Gasteiger partial charge in [-0.15, -0.1) is 11.3 Å². The number of thiazole rings is 1. The highest BCUT2D eigenvalue weighted by Crippen LogP contribution is 2.26. The average molecular weight is 379 g/mol. The Labute approximate surface area is 160 Å². The van der Waals surface area contributed by atoms with Gasteiger partial charge in [-0.05, 0) is 34.7 Å². The molecule has 0 radical (unpaired) electrons. The molecule has 26 heavy (non-hydrogen) atoms. The Morgan fingerprint density at radius 1 is 1.12 bits per heavy atom. The van der Waals surface area contributed by atoms with Gasteiger partial charge in [0.15, 0.2) is 0 Å². The predicted octanol–water partition coefficient (Wildman–Crippen LogP) is 5.44. The highest BCUT2D eigenvalue weighted by atomic mass is 32.1. The molecule has 0 fully saturated rings. The second kappa shape index (κ2) is 7.40. The maximum absolute atomic E-state index is 12.5. The molecule has 2 aromatic heterocycles. The van der Waals surface area contributed by atoms with Crippen LogP contribution in [-0.4, -0.2) is 10.9 Å². The van der Waals surface area contributed by atoms with Crippen molar-refractivity contribution in [1.82, 2.24) is 10.3 Å². The molecular formula is C21H18N2OS2. The molecular weight excluding hydrogens is 360 g/mol. The second-order valence-electron chi connectivity index (χ2n) is 6.19. The maximum Gasteiger partial charge on any atom is 0.226 e. The summed E-state index contributed by atoms with van der Waals surface area (Å²) in [7, 11) is 0. The number of carbonyl (C=O) groups is 1. The topological polar surface area (TPSA) is 42.0 Å². The Morgan fingerprint density at radius 3 is 2.81 bits per heavy atom. The molecule has 2 aromatic carbocycles. The van der Waals surface area contributed by atoms with E-state index in [1.807, 2.05) is 35.9 Å². The summed E-state index contributed by atoms with van der Waals surface area (Å²) in [5.74, 6) is -0.00685. The first-order chi connectivity index (χ1) is 12.7. The van der Waals surface area contributed by atoms with E-state index in [2.05, 4.69) is 46.0 Å². The molecule has 4 aromatic rings. The minimum atomic E-state index is -0.0522. The third kappa shape index (κ3) is 3.54. The minimum Gasteiger partial charge on any atom is -0.349 e. The summed E-state index contributed by atoms with van der Waals surface area (Å²) < 4.78 is 0. The van der Waals surface area contributed by atoms with Crippen LogP contribution in [0.3, 0.4) is 0 Å². The number of hydrogen-bond donors (Lipinski definition) is 1. The second-order valence-corrected chi connectivity index (χ2v) is 7.83. The summed E-state index contributed by atoms with van der Waals surface area (Å²) in [6.07, 6.45) is 0.301. The van der Waals surface area contributed by atoms with Gasteiger partial charge in [0.1, 0.15) is 5.01 Å². The highest BCUT2D eigenvalue weighted by molar-refractivity contribution is 7.14. The molecule has 3 nitrogen and oxygen atoms in total. The van der Waals surface area contributed by atoms with E-state index in [9.17, 15) is 4.79 Å². The Bertz CT molecular complexity index is 1030. The van der Waals surface area contributed by atoms with Gasteiger partial charge in [-0.1, -0.05) is 42.5 Å². The molecule has 1 N–H and O–H groups in total. The number of thiophene rings is 1. The fraction of sp³-hybridized carbons (Fsp3) is 0.143. The van der Waals surface area contributed by atoms with E-state index < -0.39 is 0 Å². The molecule has 0 aliphatic carbocycles. The number of hydrogen-bond acceptors (Lipinski definition) is 4. The number of nitrogens with one attached hydrogen (secondary N) is 1. The van der Waals surface area contributed by atoms with Crippen molar-refractivity contribution in [2.75, 3.05) is 0 Å². The van der Waals surface area contributed by atoms with Gasteiger partial charge >= 0.3 is 0 Å². The molecule has 0 bridgehead atoms. The molecule has 0 saturated heterocycles. The van der Waals surface area contributed by atoms with Gasteiger partial charge in [0.2, 0.25) is 5.91 Å². The first kappa shape index (κ1) is 16.9. The van der Waals surface area contributed by atoms with Crippen molar-refractivity contribution >= 4 is 39.4 Å². The fourth-order valence-corrected chi connectivity index (χ4v) is 4.60. The van der Waals surface area contributed by atoms with E-state index in [4.69, 9.17) is 0 Å². The molecule has 0 saturated carbocycles. The molecule has 0 aliphatic rings. The third-order valence-corrected chi connectivity index (χ3v) is 5.95. The van der Waals surface area contributed by atoms with Crippen molar-refractivity contribution in [2.24, 2.45) is 0 Å². The molecule has 4 rings (SSSR count). The van der Waals surface area contributed by atoms with Crippen LogP contribution >= 0.6 is 22.7 Å². The smallest absolute Gasteiger partial charge is 0.226 e. The summed E-state index contributed by atoms with van der Waals surface area (Å²) in [6, 6.07) is 16.5. The zero-order chi connectivity index (χ0) is 17.9. The summed E-state index contributed by atoms with van der Waals surface area (Å²) in [5.41, 5.74) is 3.07. The first-order valence-corrected chi connectivity index (χ1v) is 10.3. The van der Waals surface area contributed by atoms with E-state index in [1.54, 1.807) is 22.7 Å². The summed E-state index contributed by atoms with van der Waals surface area (Å²) in [4.78, 5) is 17.1. The molecule has 2 heterocycles. The minimum absolute atomic E-state index is 0.00685. The highest BCUT2D eigenvalue weighted by Gasteiger charge is 2.14. The Hall–Kier alpha value is -2.50. The first-order valence-electron chi connectivity index (χ1n) is 8.45. The summed E-state index contributed by atoms with van der Waals surface area (Å²) >= 11 is 3.23. The molecule has 1 atom stereocenters. The lowest BCUT2D eigenvalue weighted by molar-refractivity contribution is -0.121. The van der Waals surface area contributed by atoms with E-state index in [0.29, 0.717) is 6.42 Å². The summed E-state index contributed by atoms with van der Waals surface area (Å²) in [6.45, 7) is 2.03. The van der Waals surface area contributed by atoms with Crippen LogP contribution in [0.4, 0.5) is 0 Å². The fourth-order valence-electron chi connectivity index (χ4n) is 3.07. The average Bonchev–Trinajstić information content (AvgIpc) is 3.32. The number of fused-ring (bicyclic) bond motifs is 1. The third-order valence-electron chi connectivity index (χ3n) is 4.33. The van der Waals surface area contributed by atoms with E-state index >= 15 is 0 Å². The lowest BCUT2D eigenvalue weighted by Crippen LogP contribution is -2.28. The van der Waals surface area contributed by atoms with Gasteiger partial charge in [-0.2, -0.15) is 11.3 Å². The number of amides is 1. The monoisotopic (exact) mass is 378 g/mol. The largest absolute Gasteiger partial charge is 0.349 e. The van der Waals surface area contributed by atoms with Crippen molar-refractivity contribution in [3.63, 3.8) is 0 Å². The van der Waals surface area contributed by atoms with Gasteiger partial charge in [-0.25, -0.2) is 4.98 Å². The summed E-state index contributed by atoms with van der Waals surface area (Å²) in [5, 5.41) is 12.5. The van der Waals surface area contributed by atoms with Crippen LogP contribution in [0.1, 0.15) is 24.2 Å². The number of nitrogens with zero attached hydrogens (tertiary/aromatic N) is 1. The molecule has 1 amide bonds. The quantitative estimate of drug-likeness (QED) is 0.502.